The van der Waals surface area contributed by atoms with Gasteiger partial charge in [0.05, 0.1) is 0 Å². The Labute approximate surface area is 115 Å². The number of nitrogens with zero attached hydrogens (tertiary/aromatic N) is 2. The van der Waals surface area contributed by atoms with Crippen LogP contribution in [0.4, 0.5) is 0 Å². The Morgan fingerprint density at radius 1 is 1.37 bits per heavy atom. The molecule has 1 aliphatic carbocycles. The standard InChI is InChI=1S/C14H23N5/c1-2-16-14-17-10-11(9-15)13(19-14)18-12-7-5-3-4-6-8-12/h10,12,14,16,18-19H,2-8H2,1H3. The molecule has 5 nitrogen and oxygen atoms in total. The Kier molecular flexibility index (Phi) is 5.22. The van der Waals surface area contributed by atoms with Crippen LogP contribution in [0, 0.1) is 11.3 Å². The summed E-state index contributed by atoms with van der Waals surface area (Å²) in [6, 6.07) is 2.67. The van der Waals surface area contributed by atoms with Crippen LogP contribution in [0.15, 0.2) is 16.4 Å². The lowest BCUT2D eigenvalue weighted by Gasteiger charge is -2.27. The summed E-state index contributed by atoms with van der Waals surface area (Å²) in [5.74, 6) is 0.829. The fourth-order valence-electron chi connectivity index (χ4n) is 2.59. The number of nitrogens with one attached hydrogen (secondary N) is 3. The molecule has 1 atom stereocenters. The summed E-state index contributed by atoms with van der Waals surface area (Å²) in [4.78, 5) is 4.27. The van der Waals surface area contributed by atoms with Crippen molar-refractivity contribution in [3.63, 3.8) is 0 Å². The summed E-state index contributed by atoms with van der Waals surface area (Å²) in [5.41, 5.74) is 0.596. The van der Waals surface area contributed by atoms with E-state index in [0.29, 0.717) is 11.6 Å². The van der Waals surface area contributed by atoms with Crippen LogP contribution in [-0.2, 0) is 0 Å². The zero-order valence-corrected chi connectivity index (χ0v) is 11.6. The van der Waals surface area contributed by atoms with E-state index in [0.717, 1.165) is 12.4 Å². The van der Waals surface area contributed by atoms with Crippen molar-refractivity contribution in [2.24, 2.45) is 4.99 Å². The Morgan fingerprint density at radius 2 is 2.11 bits per heavy atom. The smallest absolute Gasteiger partial charge is 0.174 e. The van der Waals surface area contributed by atoms with Gasteiger partial charge in [-0.05, 0) is 19.4 Å². The van der Waals surface area contributed by atoms with Crippen molar-refractivity contribution in [2.45, 2.75) is 57.8 Å². The van der Waals surface area contributed by atoms with Crippen molar-refractivity contribution >= 4 is 6.21 Å². The lowest BCUT2D eigenvalue weighted by molar-refractivity contribution is 0.426. The molecular formula is C14H23N5. The Balaban J connectivity index is 2.00. The van der Waals surface area contributed by atoms with Gasteiger partial charge in [-0.25, -0.2) is 0 Å². The van der Waals surface area contributed by atoms with Gasteiger partial charge in [-0.15, -0.1) is 0 Å². The largest absolute Gasteiger partial charge is 0.368 e. The van der Waals surface area contributed by atoms with Crippen LogP contribution in [0.2, 0.25) is 0 Å². The van der Waals surface area contributed by atoms with Crippen molar-refractivity contribution in [3.05, 3.63) is 11.4 Å². The number of rotatable bonds is 4. The fourth-order valence-corrected chi connectivity index (χ4v) is 2.59. The maximum atomic E-state index is 9.16. The summed E-state index contributed by atoms with van der Waals surface area (Å²) in [5, 5.41) is 19.1. The van der Waals surface area contributed by atoms with Gasteiger partial charge >= 0.3 is 0 Å². The second-order valence-corrected chi connectivity index (χ2v) is 5.12. The maximum absolute atomic E-state index is 9.16. The van der Waals surface area contributed by atoms with Gasteiger partial charge in [0.25, 0.3) is 0 Å². The van der Waals surface area contributed by atoms with Gasteiger partial charge in [-0.2, -0.15) is 5.26 Å². The van der Waals surface area contributed by atoms with Gasteiger partial charge < -0.3 is 10.6 Å². The molecule has 1 fully saturated rings. The van der Waals surface area contributed by atoms with Crippen molar-refractivity contribution in [2.75, 3.05) is 6.54 Å². The van der Waals surface area contributed by atoms with E-state index in [1.165, 1.54) is 38.5 Å². The highest BCUT2D eigenvalue weighted by Gasteiger charge is 2.19. The van der Waals surface area contributed by atoms with Crippen LogP contribution in [-0.4, -0.2) is 25.1 Å². The molecule has 0 aromatic carbocycles. The van der Waals surface area contributed by atoms with Crippen molar-refractivity contribution in [1.82, 2.24) is 16.0 Å². The van der Waals surface area contributed by atoms with Gasteiger partial charge in [0.15, 0.2) is 6.29 Å². The zero-order valence-electron chi connectivity index (χ0n) is 11.6. The first-order valence-electron chi connectivity index (χ1n) is 7.27. The van der Waals surface area contributed by atoms with E-state index < -0.39 is 0 Å². The lowest BCUT2D eigenvalue weighted by atomic mass is 10.1. The average molecular weight is 261 g/mol. The second kappa shape index (κ2) is 7.15. The molecule has 104 valence electrons. The SMILES string of the molecule is CCNC1N=CC(C#N)=C(NC2CCCCCC2)N1. The lowest BCUT2D eigenvalue weighted by Crippen LogP contribution is -2.48. The van der Waals surface area contributed by atoms with Gasteiger partial charge in [-0.1, -0.05) is 32.6 Å². The molecule has 0 bridgehead atoms. The number of hydrogen-bond donors (Lipinski definition) is 3. The number of nitriles is 1. The van der Waals surface area contributed by atoms with Gasteiger partial charge in [0.2, 0.25) is 0 Å². The number of hydrogen-bond acceptors (Lipinski definition) is 5. The number of aliphatic imine (C=N–C) groups is 1. The van der Waals surface area contributed by atoms with E-state index in [1.807, 2.05) is 6.92 Å². The Hall–Kier alpha value is -1.54. The third kappa shape index (κ3) is 3.97. The van der Waals surface area contributed by atoms with Crippen molar-refractivity contribution < 1.29 is 0 Å². The highest BCUT2D eigenvalue weighted by Crippen LogP contribution is 2.18. The Bertz CT molecular complexity index is 385. The van der Waals surface area contributed by atoms with E-state index >= 15 is 0 Å². The minimum atomic E-state index is -0.129. The average Bonchev–Trinajstić information content (AvgIpc) is 2.68. The molecule has 1 saturated carbocycles. The van der Waals surface area contributed by atoms with Gasteiger partial charge in [0, 0.05) is 12.3 Å². The topological polar surface area (TPSA) is 72.2 Å². The number of allylic oxidation sites excluding steroid dienone is 1. The molecule has 0 aromatic rings. The molecule has 0 radical (unpaired) electrons. The van der Waals surface area contributed by atoms with Gasteiger partial charge in [-0.3, -0.25) is 10.3 Å². The summed E-state index contributed by atoms with van der Waals surface area (Å²) in [7, 11) is 0. The third-order valence-electron chi connectivity index (χ3n) is 3.62. The molecule has 0 aromatic heterocycles. The minimum absolute atomic E-state index is 0.129. The molecule has 19 heavy (non-hydrogen) atoms. The van der Waals surface area contributed by atoms with E-state index in [1.54, 1.807) is 6.21 Å². The van der Waals surface area contributed by atoms with Crippen molar-refractivity contribution in [3.8, 4) is 6.07 Å². The zero-order chi connectivity index (χ0) is 13.5. The summed E-state index contributed by atoms with van der Waals surface area (Å²) in [6.07, 6.45) is 9.11. The predicted octanol–water partition coefficient (Wildman–Crippen LogP) is 1.60. The molecular weight excluding hydrogens is 238 g/mol. The molecule has 2 rings (SSSR count). The van der Waals surface area contributed by atoms with Crippen LogP contribution in [0.1, 0.15) is 45.4 Å². The summed E-state index contributed by atoms with van der Waals surface area (Å²) < 4.78 is 0. The van der Waals surface area contributed by atoms with Crippen molar-refractivity contribution in [1.29, 1.82) is 5.26 Å². The van der Waals surface area contributed by atoms with Gasteiger partial charge in [0.1, 0.15) is 17.5 Å². The summed E-state index contributed by atoms with van der Waals surface area (Å²) >= 11 is 0. The molecule has 1 unspecified atom stereocenters. The highest BCUT2D eigenvalue weighted by molar-refractivity contribution is 5.85. The normalized spacial score (nSPS) is 24.5. The van der Waals surface area contributed by atoms with Crippen LogP contribution < -0.4 is 16.0 Å². The summed E-state index contributed by atoms with van der Waals surface area (Å²) in [6.45, 7) is 2.88. The Morgan fingerprint density at radius 3 is 2.74 bits per heavy atom. The first-order valence-corrected chi connectivity index (χ1v) is 7.27. The third-order valence-corrected chi connectivity index (χ3v) is 3.62. The predicted molar refractivity (Wildman–Crippen MR) is 76.4 cm³/mol. The first kappa shape index (κ1) is 13.9. The molecule has 0 saturated heterocycles. The van der Waals surface area contributed by atoms with E-state index in [9.17, 15) is 0 Å². The van der Waals surface area contributed by atoms with E-state index in [4.69, 9.17) is 5.26 Å². The monoisotopic (exact) mass is 261 g/mol. The molecule has 0 amide bonds. The molecule has 1 heterocycles. The molecule has 2 aliphatic rings. The minimum Gasteiger partial charge on any atom is -0.368 e. The fraction of sp³-hybridized carbons (Fsp3) is 0.714. The van der Waals surface area contributed by atoms with E-state index in [-0.39, 0.29) is 6.29 Å². The molecule has 0 spiro atoms. The van der Waals surface area contributed by atoms with E-state index in [2.05, 4.69) is 27.0 Å². The maximum Gasteiger partial charge on any atom is 0.174 e. The van der Waals surface area contributed by atoms with Crippen LogP contribution in [0.25, 0.3) is 0 Å². The molecule has 1 aliphatic heterocycles. The first-order chi connectivity index (χ1) is 9.33. The van der Waals surface area contributed by atoms with Crippen LogP contribution >= 0.6 is 0 Å². The molecule has 5 heteroatoms. The second-order valence-electron chi connectivity index (χ2n) is 5.12. The van der Waals surface area contributed by atoms with Crippen LogP contribution in [0.5, 0.6) is 0 Å². The quantitative estimate of drug-likeness (QED) is 0.672. The highest BCUT2D eigenvalue weighted by atomic mass is 15.3. The molecule has 3 N–H and O–H groups in total. The van der Waals surface area contributed by atoms with Crippen LogP contribution in [0.3, 0.4) is 0 Å².